The fourth-order valence-corrected chi connectivity index (χ4v) is 3.50. The van der Waals surface area contributed by atoms with Gasteiger partial charge in [-0.1, -0.05) is 28.9 Å². The third-order valence-electron chi connectivity index (χ3n) is 4.69. The molecule has 1 atom stereocenters. The van der Waals surface area contributed by atoms with E-state index in [-0.39, 0.29) is 11.9 Å². The lowest BCUT2D eigenvalue weighted by Crippen LogP contribution is -2.30. The van der Waals surface area contributed by atoms with Gasteiger partial charge in [0, 0.05) is 12.1 Å². The van der Waals surface area contributed by atoms with E-state index >= 15 is 0 Å². The Morgan fingerprint density at radius 3 is 2.74 bits per heavy atom. The Bertz CT molecular complexity index is 955. The quantitative estimate of drug-likeness (QED) is 0.668. The first-order chi connectivity index (χ1) is 13.2. The highest BCUT2D eigenvalue weighted by molar-refractivity contribution is 6.33. The molecule has 0 N–H and O–H groups in total. The fraction of sp³-hybridized carbons (Fsp3) is 0.250. The van der Waals surface area contributed by atoms with Crippen LogP contribution in [-0.2, 0) is 0 Å². The van der Waals surface area contributed by atoms with Crippen molar-refractivity contribution in [1.82, 2.24) is 15.0 Å². The molecule has 27 heavy (non-hydrogen) atoms. The zero-order chi connectivity index (χ0) is 18.8. The number of nitrogens with zero attached hydrogens (tertiary/aromatic N) is 3. The second kappa shape index (κ2) is 7.40. The van der Waals surface area contributed by atoms with Crippen LogP contribution in [0.15, 0.2) is 53.1 Å². The van der Waals surface area contributed by atoms with E-state index in [2.05, 4.69) is 10.1 Å². The topological polar surface area (TPSA) is 68.5 Å². The SMILES string of the molecule is COc1ccc(-c2noc([C@H]3CCCN3C(=O)c3ccccc3Cl)n2)cc1. The van der Waals surface area contributed by atoms with E-state index in [4.69, 9.17) is 20.9 Å². The van der Waals surface area contributed by atoms with Crippen LogP contribution in [-0.4, -0.2) is 34.6 Å². The van der Waals surface area contributed by atoms with Crippen LogP contribution in [0.4, 0.5) is 0 Å². The standard InChI is InChI=1S/C20H18ClN3O3/c1-26-14-10-8-13(9-11-14)18-22-19(27-23-18)17-7-4-12-24(17)20(25)15-5-2-3-6-16(15)21/h2-3,5-6,8-11,17H,4,7,12H2,1H3/t17-/m1/s1. The fourth-order valence-electron chi connectivity index (χ4n) is 3.28. The molecule has 0 radical (unpaired) electrons. The average molecular weight is 384 g/mol. The van der Waals surface area contributed by atoms with Crippen molar-refractivity contribution < 1.29 is 14.1 Å². The molecule has 0 aliphatic carbocycles. The van der Waals surface area contributed by atoms with Crippen molar-refractivity contribution in [3.8, 4) is 17.1 Å². The molecule has 6 nitrogen and oxygen atoms in total. The molecule has 7 heteroatoms. The number of methoxy groups -OCH3 is 1. The highest BCUT2D eigenvalue weighted by Gasteiger charge is 2.35. The summed E-state index contributed by atoms with van der Waals surface area (Å²) in [6.45, 7) is 0.634. The van der Waals surface area contributed by atoms with Crippen molar-refractivity contribution in [2.75, 3.05) is 13.7 Å². The lowest BCUT2D eigenvalue weighted by Gasteiger charge is -2.22. The van der Waals surface area contributed by atoms with Crippen LogP contribution in [0, 0.1) is 0 Å². The van der Waals surface area contributed by atoms with Gasteiger partial charge in [0.1, 0.15) is 11.8 Å². The van der Waals surface area contributed by atoms with Crippen LogP contribution in [0.5, 0.6) is 5.75 Å². The first kappa shape index (κ1) is 17.5. The molecule has 1 fully saturated rings. The monoisotopic (exact) mass is 383 g/mol. The van der Waals surface area contributed by atoms with Crippen LogP contribution in [0.1, 0.15) is 35.1 Å². The second-order valence-electron chi connectivity index (χ2n) is 6.32. The maximum atomic E-state index is 12.9. The van der Waals surface area contributed by atoms with Gasteiger partial charge in [0.15, 0.2) is 0 Å². The van der Waals surface area contributed by atoms with Gasteiger partial charge in [-0.3, -0.25) is 4.79 Å². The van der Waals surface area contributed by atoms with Gasteiger partial charge in [-0.05, 0) is 49.2 Å². The molecular formula is C20H18ClN3O3. The minimum absolute atomic E-state index is 0.118. The molecule has 138 valence electrons. The minimum Gasteiger partial charge on any atom is -0.497 e. The second-order valence-corrected chi connectivity index (χ2v) is 6.73. The van der Waals surface area contributed by atoms with E-state index in [1.807, 2.05) is 24.3 Å². The number of hydrogen-bond donors (Lipinski definition) is 0. The minimum atomic E-state index is -0.242. The summed E-state index contributed by atoms with van der Waals surface area (Å²) in [5.41, 5.74) is 1.31. The van der Waals surface area contributed by atoms with Gasteiger partial charge >= 0.3 is 0 Å². The van der Waals surface area contributed by atoms with Crippen molar-refractivity contribution >= 4 is 17.5 Å². The van der Waals surface area contributed by atoms with E-state index in [1.54, 1.807) is 36.3 Å². The first-order valence-corrected chi connectivity index (χ1v) is 9.08. The maximum Gasteiger partial charge on any atom is 0.256 e. The maximum absolute atomic E-state index is 12.9. The molecule has 0 bridgehead atoms. The van der Waals surface area contributed by atoms with E-state index in [0.717, 1.165) is 24.2 Å². The third-order valence-corrected chi connectivity index (χ3v) is 5.02. The summed E-state index contributed by atoms with van der Waals surface area (Å²) >= 11 is 6.19. The Hall–Kier alpha value is -2.86. The molecular weight excluding hydrogens is 366 g/mol. The van der Waals surface area contributed by atoms with Gasteiger partial charge in [-0.15, -0.1) is 0 Å². The van der Waals surface area contributed by atoms with Gasteiger partial charge < -0.3 is 14.2 Å². The Labute approximate surface area is 161 Å². The van der Waals surface area contributed by atoms with Crippen LogP contribution < -0.4 is 4.74 Å². The lowest BCUT2D eigenvalue weighted by molar-refractivity contribution is 0.0710. The van der Waals surface area contributed by atoms with Crippen molar-refractivity contribution in [3.63, 3.8) is 0 Å². The Balaban J connectivity index is 1.58. The molecule has 4 rings (SSSR count). The number of likely N-dealkylation sites (tertiary alicyclic amines) is 1. The molecule has 0 spiro atoms. The summed E-state index contributed by atoms with van der Waals surface area (Å²) in [5, 5.41) is 4.52. The summed E-state index contributed by atoms with van der Waals surface area (Å²) in [5.74, 6) is 1.57. The molecule has 0 unspecified atom stereocenters. The summed E-state index contributed by atoms with van der Waals surface area (Å²) < 4.78 is 10.7. The highest BCUT2D eigenvalue weighted by Crippen LogP contribution is 2.34. The number of halogens is 1. The summed E-state index contributed by atoms with van der Waals surface area (Å²) in [6, 6.07) is 14.2. The molecule has 1 aromatic heterocycles. The van der Waals surface area contributed by atoms with Gasteiger partial charge in [0.25, 0.3) is 5.91 Å². The number of benzene rings is 2. The van der Waals surface area contributed by atoms with Crippen LogP contribution in [0.3, 0.4) is 0 Å². The molecule has 2 aromatic carbocycles. The Kier molecular flexibility index (Phi) is 4.81. The smallest absolute Gasteiger partial charge is 0.256 e. The molecule has 1 saturated heterocycles. The summed E-state index contributed by atoms with van der Waals surface area (Å²) in [4.78, 5) is 19.2. The number of amides is 1. The number of carbonyl (C=O) groups excluding carboxylic acids is 1. The van der Waals surface area contributed by atoms with E-state index < -0.39 is 0 Å². The zero-order valence-electron chi connectivity index (χ0n) is 14.8. The van der Waals surface area contributed by atoms with Crippen molar-refractivity contribution in [2.45, 2.75) is 18.9 Å². The molecule has 1 aliphatic heterocycles. The van der Waals surface area contributed by atoms with Gasteiger partial charge in [-0.2, -0.15) is 4.98 Å². The summed E-state index contributed by atoms with van der Waals surface area (Å²) in [7, 11) is 1.62. The van der Waals surface area contributed by atoms with Crippen molar-refractivity contribution in [1.29, 1.82) is 0 Å². The third kappa shape index (κ3) is 3.40. The van der Waals surface area contributed by atoms with Crippen LogP contribution in [0.25, 0.3) is 11.4 Å². The van der Waals surface area contributed by atoms with E-state index in [1.165, 1.54) is 0 Å². The van der Waals surface area contributed by atoms with Gasteiger partial charge in [0.2, 0.25) is 11.7 Å². The average Bonchev–Trinajstić information content (AvgIpc) is 3.37. The largest absolute Gasteiger partial charge is 0.497 e. The molecule has 2 heterocycles. The highest BCUT2D eigenvalue weighted by atomic mass is 35.5. The first-order valence-electron chi connectivity index (χ1n) is 8.71. The number of ether oxygens (including phenoxy) is 1. The predicted octanol–water partition coefficient (Wildman–Crippen LogP) is 4.38. The number of aromatic nitrogens is 2. The van der Waals surface area contributed by atoms with Crippen LogP contribution in [0.2, 0.25) is 5.02 Å². The zero-order valence-corrected chi connectivity index (χ0v) is 15.5. The van der Waals surface area contributed by atoms with E-state index in [9.17, 15) is 4.79 Å². The number of carbonyl (C=O) groups is 1. The molecule has 3 aromatic rings. The van der Waals surface area contributed by atoms with Gasteiger partial charge in [0.05, 0.1) is 17.7 Å². The van der Waals surface area contributed by atoms with Gasteiger partial charge in [-0.25, -0.2) is 0 Å². The normalized spacial score (nSPS) is 16.5. The predicted molar refractivity (Wildman–Crippen MR) is 101 cm³/mol. The molecule has 0 saturated carbocycles. The van der Waals surface area contributed by atoms with Crippen LogP contribution >= 0.6 is 11.6 Å². The van der Waals surface area contributed by atoms with E-state index in [0.29, 0.717) is 28.8 Å². The van der Waals surface area contributed by atoms with Crippen molar-refractivity contribution in [3.05, 3.63) is 65.0 Å². The lowest BCUT2D eigenvalue weighted by atomic mass is 10.1. The van der Waals surface area contributed by atoms with Crippen molar-refractivity contribution in [2.24, 2.45) is 0 Å². The molecule has 1 amide bonds. The number of rotatable bonds is 4. The summed E-state index contributed by atoms with van der Waals surface area (Å²) in [6.07, 6.45) is 1.65. The Morgan fingerprint density at radius 1 is 1.22 bits per heavy atom. The Morgan fingerprint density at radius 2 is 2.00 bits per heavy atom. The molecule has 1 aliphatic rings. The number of hydrogen-bond acceptors (Lipinski definition) is 5.